The highest BCUT2D eigenvalue weighted by atomic mass is 16.4. The van der Waals surface area contributed by atoms with Gasteiger partial charge in [0.2, 0.25) is 0 Å². The second kappa shape index (κ2) is 13.2. The van der Waals surface area contributed by atoms with Gasteiger partial charge in [-0.15, -0.1) is 0 Å². The van der Waals surface area contributed by atoms with Crippen LogP contribution >= 0.6 is 0 Å². The molecule has 0 amide bonds. The Morgan fingerprint density at radius 1 is 0.778 bits per heavy atom. The lowest BCUT2D eigenvalue weighted by molar-refractivity contribution is -0.134. The number of carboxylic acids is 1. The van der Waals surface area contributed by atoms with Crippen molar-refractivity contribution in [3.05, 3.63) is 48.5 Å². The molecule has 0 atom stereocenters. The Balaban J connectivity index is 0. The second-order valence-electron chi connectivity index (χ2n) is 2.87. The molecule has 0 unspecified atom stereocenters. The van der Waals surface area contributed by atoms with Crippen molar-refractivity contribution in [3.63, 3.8) is 0 Å². The molecular weight excluding hydrogens is 224 g/mol. The smallest absolute Gasteiger partial charge is 0.300 e. The van der Waals surface area contributed by atoms with Gasteiger partial charge in [0.15, 0.2) is 0 Å². The summed E-state index contributed by atoms with van der Waals surface area (Å²) in [5.74, 6) is -0.833. The molecular formula is C16H24O2. The van der Waals surface area contributed by atoms with Crippen molar-refractivity contribution in [2.45, 2.75) is 34.6 Å². The molecule has 2 aromatic rings. The normalized spacial score (nSPS) is 7.61. The Hall–Kier alpha value is -1.83. The van der Waals surface area contributed by atoms with E-state index in [1.165, 1.54) is 10.8 Å². The number of hydrogen-bond acceptors (Lipinski definition) is 1. The third-order valence-corrected chi connectivity index (χ3v) is 1.66. The average Bonchev–Trinajstić information content (AvgIpc) is 2.43. The van der Waals surface area contributed by atoms with Crippen LogP contribution in [0.2, 0.25) is 0 Å². The van der Waals surface area contributed by atoms with E-state index in [1.807, 2.05) is 27.7 Å². The fourth-order valence-corrected chi connectivity index (χ4v) is 1.13. The van der Waals surface area contributed by atoms with Gasteiger partial charge in [0.1, 0.15) is 0 Å². The molecule has 2 heteroatoms. The number of carboxylic acid groups (broad SMARTS) is 1. The molecule has 0 aliphatic heterocycles. The standard InChI is InChI=1S/C10H8.C2H4O2.2C2H6/c1-2-6-10-8-4-3-7-9(10)5-1;1-2(3)4;2*1-2/h1-8H;1H3,(H,3,4);2*1-2H3. The fourth-order valence-electron chi connectivity index (χ4n) is 1.13. The molecule has 2 rings (SSSR count). The van der Waals surface area contributed by atoms with Crippen LogP contribution in [0.25, 0.3) is 10.8 Å². The van der Waals surface area contributed by atoms with Gasteiger partial charge in [-0.05, 0) is 10.8 Å². The summed E-state index contributed by atoms with van der Waals surface area (Å²) >= 11 is 0. The van der Waals surface area contributed by atoms with Crippen LogP contribution in [0, 0.1) is 0 Å². The van der Waals surface area contributed by atoms with E-state index in [2.05, 4.69) is 48.5 Å². The zero-order chi connectivity index (χ0) is 14.4. The van der Waals surface area contributed by atoms with Crippen molar-refractivity contribution in [1.29, 1.82) is 0 Å². The van der Waals surface area contributed by atoms with E-state index in [1.54, 1.807) is 0 Å². The van der Waals surface area contributed by atoms with Gasteiger partial charge in [0.25, 0.3) is 5.97 Å². The van der Waals surface area contributed by atoms with Crippen LogP contribution in [-0.2, 0) is 4.79 Å². The molecule has 100 valence electrons. The number of hydrogen-bond donors (Lipinski definition) is 1. The van der Waals surface area contributed by atoms with Gasteiger partial charge in [0.05, 0.1) is 0 Å². The summed E-state index contributed by atoms with van der Waals surface area (Å²) < 4.78 is 0. The first-order valence-corrected chi connectivity index (χ1v) is 6.33. The quantitative estimate of drug-likeness (QED) is 0.713. The number of fused-ring (bicyclic) bond motifs is 1. The van der Waals surface area contributed by atoms with E-state index in [0.29, 0.717) is 0 Å². The molecule has 0 radical (unpaired) electrons. The molecule has 0 saturated heterocycles. The molecule has 0 aliphatic rings. The van der Waals surface area contributed by atoms with Crippen molar-refractivity contribution in [2.24, 2.45) is 0 Å². The first-order valence-electron chi connectivity index (χ1n) is 6.33. The van der Waals surface area contributed by atoms with Gasteiger partial charge in [0, 0.05) is 6.92 Å². The van der Waals surface area contributed by atoms with Gasteiger partial charge in [-0.3, -0.25) is 4.79 Å². The summed E-state index contributed by atoms with van der Waals surface area (Å²) in [4.78, 5) is 9.00. The van der Waals surface area contributed by atoms with Crippen LogP contribution in [0.1, 0.15) is 34.6 Å². The highest BCUT2D eigenvalue weighted by Crippen LogP contribution is 2.11. The van der Waals surface area contributed by atoms with Gasteiger partial charge in [-0.2, -0.15) is 0 Å². The Labute approximate surface area is 110 Å². The topological polar surface area (TPSA) is 37.3 Å². The number of carbonyl (C=O) groups is 1. The third-order valence-electron chi connectivity index (χ3n) is 1.66. The van der Waals surface area contributed by atoms with Crippen LogP contribution in [0.15, 0.2) is 48.5 Å². The van der Waals surface area contributed by atoms with Crippen molar-refractivity contribution >= 4 is 16.7 Å². The highest BCUT2D eigenvalue weighted by Gasteiger charge is 1.85. The van der Waals surface area contributed by atoms with Crippen molar-refractivity contribution in [1.82, 2.24) is 0 Å². The lowest BCUT2D eigenvalue weighted by atomic mass is 10.1. The Kier molecular flexibility index (Phi) is 13.6. The summed E-state index contributed by atoms with van der Waals surface area (Å²) in [5, 5.41) is 10.0. The van der Waals surface area contributed by atoms with Crippen molar-refractivity contribution in [2.75, 3.05) is 0 Å². The molecule has 1 N–H and O–H groups in total. The molecule has 2 aromatic carbocycles. The van der Waals surface area contributed by atoms with Gasteiger partial charge in [-0.25, -0.2) is 0 Å². The third kappa shape index (κ3) is 9.40. The van der Waals surface area contributed by atoms with E-state index in [9.17, 15) is 0 Å². The van der Waals surface area contributed by atoms with Gasteiger partial charge in [-0.1, -0.05) is 76.2 Å². The predicted molar refractivity (Wildman–Crippen MR) is 80.0 cm³/mol. The molecule has 0 aromatic heterocycles. The molecule has 0 bridgehead atoms. The number of aliphatic carboxylic acids is 1. The van der Waals surface area contributed by atoms with Crippen LogP contribution in [0.4, 0.5) is 0 Å². The molecule has 0 aliphatic carbocycles. The van der Waals surface area contributed by atoms with Crippen molar-refractivity contribution < 1.29 is 9.90 Å². The molecule has 2 nitrogen and oxygen atoms in total. The van der Waals surface area contributed by atoms with Crippen LogP contribution in [-0.4, -0.2) is 11.1 Å². The Morgan fingerprint density at radius 3 is 1.11 bits per heavy atom. The minimum absolute atomic E-state index is 0.833. The number of benzene rings is 2. The van der Waals surface area contributed by atoms with E-state index in [0.717, 1.165) is 6.92 Å². The lowest BCUT2D eigenvalue weighted by Crippen LogP contribution is -1.78. The minimum Gasteiger partial charge on any atom is -0.481 e. The van der Waals surface area contributed by atoms with Gasteiger partial charge < -0.3 is 5.11 Å². The lowest BCUT2D eigenvalue weighted by Gasteiger charge is -1.92. The molecule has 0 saturated carbocycles. The van der Waals surface area contributed by atoms with Crippen LogP contribution in [0.3, 0.4) is 0 Å². The zero-order valence-electron chi connectivity index (χ0n) is 12.0. The number of rotatable bonds is 0. The second-order valence-corrected chi connectivity index (χ2v) is 2.87. The molecule has 0 spiro atoms. The van der Waals surface area contributed by atoms with Gasteiger partial charge >= 0.3 is 0 Å². The average molecular weight is 248 g/mol. The maximum absolute atomic E-state index is 9.00. The maximum atomic E-state index is 9.00. The summed E-state index contributed by atoms with van der Waals surface area (Å²) in [6.07, 6.45) is 0. The van der Waals surface area contributed by atoms with E-state index in [4.69, 9.17) is 9.90 Å². The first-order chi connectivity index (χ1) is 8.70. The maximum Gasteiger partial charge on any atom is 0.300 e. The molecule has 0 fully saturated rings. The van der Waals surface area contributed by atoms with E-state index >= 15 is 0 Å². The summed E-state index contributed by atoms with van der Waals surface area (Å²) in [6.45, 7) is 9.08. The summed E-state index contributed by atoms with van der Waals surface area (Å²) in [5.41, 5.74) is 0. The SMILES string of the molecule is CC.CC.CC(=O)O.c1ccc2ccccc2c1. The van der Waals surface area contributed by atoms with E-state index in [-0.39, 0.29) is 0 Å². The Bertz CT molecular complexity index is 353. The monoisotopic (exact) mass is 248 g/mol. The first kappa shape index (κ1) is 18.5. The summed E-state index contributed by atoms with van der Waals surface area (Å²) in [7, 11) is 0. The van der Waals surface area contributed by atoms with Crippen molar-refractivity contribution in [3.8, 4) is 0 Å². The largest absolute Gasteiger partial charge is 0.481 e. The van der Waals surface area contributed by atoms with Crippen LogP contribution < -0.4 is 0 Å². The highest BCUT2D eigenvalue weighted by molar-refractivity contribution is 5.81. The van der Waals surface area contributed by atoms with E-state index < -0.39 is 5.97 Å². The summed E-state index contributed by atoms with van der Waals surface area (Å²) in [6, 6.07) is 16.7. The van der Waals surface area contributed by atoms with Crippen LogP contribution in [0.5, 0.6) is 0 Å². The predicted octanol–water partition coefficient (Wildman–Crippen LogP) is 4.98. The zero-order valence-corrected chi connectivity index (χ0v) is 12.0. The molecule has 18 heavy (non-hydrogen) atoms. The minimum atomic E-state index is -0.833. The molecule has 0 heterocycles. The fraction of sp³-hybridized carbons (Fsp3) is 0.312. The Morgan fingerprint density at radius 2 is 0.944 bits per heavy atom.